The van der Waals surface area contributed by atoms with Crippen LogP contribution in [0.15, 0.2) is 67.0 Å². The van der Waals surface area contributed by atoms with Gasteiger partial charge in [0, 0.05) is 62.8 Å². The first-order valence-electron chi connectivity index (χ1n) is 13.7. The van der Waals surface area contributed by atoms with Crippen LogP contribution in [-0.4, -0.2) is 77.6 Å². The van der Waals surface area contributed by atoms with E-state index in [0.29, 0.717) is 24.0 Å². The Kier molecular flexibility index (Phi) is 9.08. The van der Waals surface area contributed by atoms with Gasteiger partial charge in [-0.25, -0.2) is 18.9 Å². The number of hydrogen-bond donors (Lipinski definition) is 1. The van der Waals surface area contributed by atoms with Crippen LogP contribution < -0.4 is 15.0 Å². The summed E-state index contributed by atoms with van der Waals surface area (Å²) in [4.78, 5) is 25.3. The van der Waals surface area contributed by atoms with Gasteiger partial charge in [-0.05, 0) is 42.8 Å². The molecule has 11 heteroatoms. The minimum absolute atomic E-state index is 0.219. The number of esters is 1. The highest BCUT2D eigenvalue weighted by Crippen LogP contribution is 2.21. The van der Waals surface area contributed by atoms with Gasteiger partial charge in [-0.1, -0.05) is 24.3 Å². The van der Waals surface area contributed by atoms with E-state index in [9.17, 15) is 9.18 Å². The summed E-state index contributed by atoms with van der Waals surface area (Å²) in [6.07, 6.45) is 7.75. The van der Waals surface area contributed by atoms with Crippen LogP contribution >= 0.6 is 0 Å². The minimum Gasteiger partial charge on any atom is -0.497 e. The third-order valence-electron chi connectivity index (χ3n) is 7.22. The molecule has 5 rings (SSSR count). The summed E-state index contributed by atoms with van der Waals surface area (Å²) in [6.45, 7) is 6.49. The third kappa shape index (κ3) is 6.92. The SMILES string of the molecule is COC(=O)c1cc(F)cc(N2CCN(CC=Cc3cnn(-c4ccnc(NCc5ccc(OC)cc5)n4)c3C)CC2)c1. The topological polar surface area (TPSA) is 97.6 Å². The van der Waals surface area contributed by atoms with Crippen molar-refractivity contribution >= 4 is 23.7 Å². The Morgan fingerprint density at radius 2 is 1.86 bits per heavy atom. The fourth-order valence-electron chi connectivity index (χ4n) is 4.80. The standard InChI is InChI=1S/C31H34FN7O3/c1-22-24(5-4-12-37-13-15-38(16-14-37)27-18-25(30(40)42-3)17-26(32)19-27)21-35-39(22)29-10-11-33-31(36-29)34-20-23-6-8-28(41-2)9-7-23/h4-11,17-19,21H,12-16,20H2,1-3H3,(H,33,34,36). The maximum Gasteiger partial charge on any atom is 0.338 e. The summed E-state index contributed by atoms with van der Waals surface area (Å²) in [5.74, 6) is 1.03. The molecule has 4 aromatic rings. The molecule has 1 aliphatic rings. The quantitative estimate of drug-likeness (QED) is 0.279. The molecule has 0 radical (unpaired) electrons. The summed E-state index contributed by atoms with van der Waals surface area (Å²) in [5.41, 5.74) is 3.99. The van der Waals surface area contributed by atoms with E-state index >= 15 is 0 Å². The molecule has 1 aliphatic heterocycles. The van der Waals surface area contributed by atoms with Crippen molar-refractivity contribution in [1.82, 2.24) is 24.6 Å². The summed E-state index contributed by atoms with van der Waals surface area (Å²) >= 11 is 0. The monoisotopic (exact) mass is 571 g/mol. The van der Waals surface area contributed by atoms with Crippen LogP contribution in [0.2, 0.25) is 0 Å². The minimum atomic E-state index is -0.542. The number of anilines is 2. The molecule has 218 valence electrons. The Labute approximate surface area is 244 Å². The van der Waals surface area contributed by atoms with Gasteiger partial charge in [0.05, 0.1) is 31.7 Å². The van der Waals surface area contributed by atoms with Gasteiger partial charge in [0.1, 0.15) is 11.6 Å². The van der Waals surface area contributed by atoms with E-state index in [1.165, 1.54) is 19.2 Å². The number of rotatable bonds is 10. The Morgan fingerprint density at radius 1 is 1.07 bits per heavy atom. The number of nitrogens with one attached hydrogen (secondary N) is 1. The molecule has 0 aliphatic carbocycles. The number of carbonyl (C=O) groups is 1. The summed E-state index contributed by atoms with van der Waals surface area (Å²) in [6, 6.07) is 14.0. The zero-order chi connectivity index (χ0) is 29.5. The Balaban J connectivity index is 1.15. The number of ether oxygens (including phenoxy) is 2. The molecule has 1 fully saturated rings. The lowest BCUT2D eigenvalue weighted by Crippen LogP contribution is -2.46. The summed E-state index contributed by atoms with van der Waals surface area (Å²) < 4.78 is 25.9. The zero-order valence-electron chi connectivity index (χ0n) is 24.0. The average Bonchev–Trinajstić information content (AvgIpc) is 3.39. The van der Waals surface area contributed by atoms with Gasteiger partial charge in [0.2, 0.25) is 5.95 Å². The average molecular weight is 572 g/mol. The maximum absolute atomic E-state index is 14.1. The van der Waals surface area contributed by atoms with Crippen LogP contribution in [0.5, 0.6) is 5.75 Å². The van der Waals surface area contributed by atoms with E-state index in [-0.39, 0.29) is 5.56 Å². The Bertz CT molecular complexity index is 1550. The molecule has 0 unspecified atom stereocenters. The van der Waals surface area contributed by atoms with Gasteiger partial charge in [0.15, 0.2) is 5.82 Å². The van der Waals surface area contributed by atoms with E-state index in [0.717, 1.165) is 55.3 Å². The fraction of sp³-hybridized carbons (Fsp3) is 0.290. The zero-order valence-corrected chi connectivity index (χ0v) is 24.0. The van der Waals surface area contributed by atoms with Crippen LogP contribution in [0.25, 0.3) is 11.9 Å². The molecule has 1 saturated heterocycles. The van der Waals surface area contributed by atoms with Gasteiger partial charge < -0.3 is 19.7 Å². The Morgan fingerprint density at radius 3 is 2.60 bits per heavy atom. The lowest BCUT2D eigenvalue weighted by molar-refractivity contribution is 0.0600. The molecule has 3 heterocycles. The van der Waals surface area contributed by atoms with Crippen molar-refractivity contribution in [3.63, 3.8) is 0 Å². The first kappa shape index (κ1) is 28.7. The lowest BCUT2D eigenvalue weighted by Gasteiger charge is -2.35. The second-order valence-corrected chi connectivity index (χ2v) is 9.92. The molecule has 0 bridgehead atoms. The molecule has 0 spiro atoms. The van der Waals surface area contributed by atoms with Crippen molar-refractivity contribution in [1.29, 1.82) is 0 Å². The number of piperazine rings is 1. The summed E-state index contributed by atoms with van der Waals surface area (Å²) in [7, 11) is 2.94. The molecule has 10 nitrogen and oxygen atoms in total. The highest BCUT2D eigenvalue weighted by atomic mass is 19.1. The molecule has 0 saturated carbocycles. The molecule has 2 aromatic heterocycles. The predicted molar refractivity (Wildman–Crippen MR) is 160 cm³/mol. The Hall–Kier alpha value is -4.77. The van der Waals surface area contributed by atoms with E-state index in [2.05, 4.69) is 42.3 Å². The van der Waals surface area contributed by atoms with Gasteiger partial charge in [0.25, 0.3) is 0 Å². The first-order valence-corrected chi connectivity index (χ1v) is 13.7. The van der Waals surface area contributed by atoms with Gasteiger partial charge >= 0.3 is 5.97 Å². The number of carbonyl (C=O) groups excluding carboxylic acids is 1. The molecule has 2 aromatic carbocycles. The lowest BCUT2D eigenvalue weighted by atomic mass is 10.1. The number of aromatic nitrogens is 4. The predicted octanol–water partition coefficient (Wildman–Crippen LogP) is 4.35. The number of benzene rings is 2. The van der Waals surface area contributed by atoms with Gasteiger partial charge in [-0.2, -0.15) is 10.1 Å². The number of methoxy groups -OCH3 is 2. The van der Waals surface area contributed by atoms with Crippen molar-refractivity contribution in [3.05, 3.63) is 95.2 Å². The molecule has 0 atom stereocenters. The number of hydrogen-bond acceptors (Lipinski definition) is 9. The van der Waals surface area contributed by atoms with E-state index < -0.39 is 11.8 Å². The highest BCUT2D eigenvalue weighted by Gasteiger charge is 2.19. The van der Waals surface area contributed by atoms with Crippen molar-refractivity contribution < 1.29 is 18.7 Å². The fourth-order valence-corrected chi connectivity index (χ4v) is 4.80. The molecule has 1 N–H and O–H groups in total. The van der Waals surface area contributed by atoms with Crippen LogP contribution in [0.3, 0.4) is 0 Å². The van der Waals surface area contributed by atoms with Crippen molar-refractivity contribution in [2.75, 3.05) is 57.2 Å². The maximum atomic E-state index is 14.1. The van der Waals surface area contributed by atoms with Crippen molar-refractivity contribution in [2.24, 2.45) is 0 Å². The second-order valence-electron chi connectivity index (χ2n) is 9.92. The van der Waals surface area contributed by atoms with Crippen molar-refractivity contribution in [3.8, 4) is 11.6 Å². The largest absolute Gasteiger partial charge is 0.497 e. The highest BCUT2D eigenvalue weighted by molar-refractivity contribution is 5.90. The molecule has 0 amide bonds. The van der Waals surface area contributed by atoms with Crippen LogP contribution in [0, 0.1) is 12.7 Å². The first-order chi connectivity index (χ1) is 20.4. The van der Waals surface area contributed by atoms with E-state index in [1.807, 2.05) is 43.5 Å². The number of halogens is 1. The smallest absolute Gasteiger partial charge is 0.338 e. The van der Waals surface area contributed by atoms with Crippen molar-refractivity contribution in [2.45, 2.75) is 13.5 Å². The number of nitrogens with zero attached hydrogens (tertiary/aromatic N) is 6. The molecular formula is C31H34FN7O3. The van der Waals surface area contributed by atoms with Gasteiger partial charge in [-0.3, -0.25) is 4.90 Å². The molecule has 42 heavy (non-hydrogen) atoms. The van der Waals surface area contributed by atoms with Gasteiger partial charge in [-0.15, -0.1) is 0 Å². The van der Waals surface area contributed by atoms with E-state index in [4.69, 9.17) is 9.47 Å². The summed E-state index contributed by atoms with van der Waals surface area (Å²) in [5, 5.41) is 7.82. The third-order valence-corrected chi connectivity index (χ3v) is 7.22. The second kappa shape index (κ2) is 13.3. The van der Waals surface area contributed by atoms with E-state index in [1.54, 1.807) is 24.1 Å². The molecular weight excluding hydrogens is 537 g/mol. The normalized spacial score (nSPS) is 13.9. The van der Waals surface area contributed by atoms with Crippen LogP contribution in [-0.2, 0) is 11.3 Å². The van der Waals surface area contributed by atoms with Crippen LogP contribution in [0.4, 0.5) is 16.0 Å². The van der Waals surface area contributed by atoms with Crippen LogP contribution in [0.1, 0.15) is 27.2 Å².